The number of hydrogen-bond acceptors (Lipinski definition) is 8. The molecule has 0 unspecified atom stereocenters. The minimum Gasteiger partial charge on any atom is -0.452 e. The first-order valence-electron chi connectivity index (χ1n) is 10.1. The fourth-order valence-corrected chi connectivity index (χ4v) is 2.54. The number of imide groups is 2. The molecule has 0 heterocycles. The highest BCUT2D eigenvalue weighted by Crippen LogP contribution is 2.00. The van der Waals surface area contributed by atoms with Crippen LogP contribution in [0.1, 0.15) is 11.1 Å². The summed E-state index contributed by atoms with van der Waals surface area (Å²) in [4.78, 5) is 70.0. The Balaban J connectivity index is 1.61. The Kier molecular flexibility index (Phi) is 10.4. The monoisotopic (exact) mass is 466 g/mol. The van der Waals surface area contributed by atoms with E-state index in [0.717, 1.165) is 0 Å². The van der Waals surface area contributed by atoms with Crippen LogP contribution in [0.2, 0.25) is 0 Å². The number of rotatable bonds is 10. The maximum atomic E-state index is 11.8. The van der Waals surface area contributed by atoms with E-state index >= 15 is 0 Å². The molecule has 0 atom stereocenters. The molecule has 0 radical (unpaired) electrons. The van der Waals surface area contributed by atoms with Crippen LogP contribution in [-0.2, 0) is 51.1 Å². The van der Waals surface area contributed by atoms with Crippen LogP contribution in [-0.4, -0.2) is 48.8 Å². The Hall–Kier alpha value is -4.60. The molecular formula is C24H22N2O8. The lowest BCUT2D eigenvalue weighted by atomic mass is 10.1. The Morgan fingerprint density at radius 1 is 0.559 bits per heavy atom. The van der Waals surface area contributed by atoms with E-state index in [-0.39, 0.29) is 12.8 Å². The molecular weight excluding hydrogens is 444 g/mol. The summed E-state index contributed by atoms with van der Waals surface area (Å²) < 4.78 is 9.24. The van der Waals surface area contributed by atoms with Gasteiger partial charge in [0.1, 0.15) is 0 Å². The molecule has 2 N–H and O–H groups in total. The van der Waals surface area contributed by atoms with Crippen LogP contribution >= 0.6 is 0 Å². The van der Waals surface area contributed by atoms with Crippen molar-refractivity contribution in [2.45, 2.75) is 12.8 Å². The summed E-state index contributed by atoms with van der Waals surface area (Å²) in [5.74, 6) is -4.86. The molecule has 10 heteroatoms. The third-order valence-corrected chi connectivity index (χ3v) is 4.02. The first-order valence-corrected chi connectivity index (χ1v) is 10.1. The summed E-state index contributed by atoms with van der Waals surface area (Å²) in [5.41, 5.74) is 1.42. The molecule has 2 aromatic carbocycles. The van der Waals surface area contributed by atoms with Crippen LogP contribution < -0.4 is 10.6 Å². The van der Waals surface area contributed by atoms with Gasteiger partial charge in [-0.2, -0.15) is 0 Å². The SMILES string of the molecule is O=C(COC(=O)/C=C/C(=O)OCC(=O)NC(=O)Cc1ccccc1)NC(=O)Cc1ccccc1. The zero-order valence-corrected chi connectivity index (χ0v) is 18.0. The van der Waals surface area contributed by atoms with Crippen LogP contribution in [0.15, 0.2) is 72.8 Å². The second kappa shape index (κ2) is 13.7. The molecule has 0 aliphatic carbocycles. The summed E-state index contributed by atoms with van der Waals surface area (Å²) in [7, 11) is 0. The fourth-order valence-electron chi connectivity index (χ4n) is 2.54. The van der Waals surface area contributed by atoms with Crippen molar-refractivity contribution in [1.29, 1.82) is 0 Å². The molecule has 0 aliphatic heterocycles. The maximum absolute atomic E-state index is 11.8. The van der Waals surface area contributed by atoms with E-state index in [0.29, 0.717) is 23.3 Å². The molecule has 2 aromatic rings. The molecule has 4 amide bonds. The van der Waals surface area contributed by atoms with Gasteiger partial charge in [0.2, 0.25) is 11.8 Å². The highest BCUT2D eigenvalue weighted by atomic mass is 16.5. The lowest BCUT2D eigenvalue weighted by Gasteiger charge is -2.05. The van der Waals surface area contributed by atoms with E-state index in [1.807, 2.05) is 0 Å². The van der Waals surface area contributed by atoms with E-state index in [1.165, 1.54) is 0 Å². The van der Waals surface area contributed by atoms with E-state index in [1.54, 1.807) is 60.7 Å². The minimum absolute atomic E-state index is 0.0162. The minimum atomic E-state index is -1.04. The molecule has 0 spiro atoms. The second-order valence-corrected chi connectivity index (χ2v) is 6.82. The molecule has 0 aromatic heterocycles. The molecule has 10 nitrogen and oxygen atoms in total. The smallest absolute Gasteiger partial charge is 0.331 e. The van der Waals surface area contributed by atoms with Gasteiger partial charge in [0.25, 0.3) is 11.8 Å². The normalized spacial score (nSPS) is 10.2. The molecule has 2 rings (SSSR count). The highest BCUT2D eigenvalue weighted by Gasteiger charge is 2.12. The van der Waals surface area contributed by atoms with Crippen LogP contribution in [0, 0.1) is 0 Å². The summed E-state index contributed by atoms with van der Waals surface area (Å²) in [5, 5.41) is 4.14. The number of carbonyl (C=O) groups is 6. The summed E-state index contributed by atoms with van der Waals surface area (Å²) >= 11 is 0. The highest BCUT2D eigenvalue weighted by molar-refractivity contribution is 5.99. The Bertz CT molecular complexity index is 979. The summed E-state index contributed by atoms with van der Waals surface area (Å²) in [6, 6.07) is 17.5. The molecule has 0 saturated carbocycles. The predicted octanol–water partition coefficient (Wildman–Crippen LogP) is 0.400. The Morgan fingerprint density at radius 2 is 0.912 bits per heavy atom. The number of ether oxygens (including phenoxy) is 2. The van der Waals surface area contributed by atoms with Crippen molar-refractivity contribution in [1.82, 2.24) is 10.6 Å². The van der Waals surface area contributed by atoms with Gasteiger partial charge in [-0.3, -0.25) is 29.8 Å². The Morgan fingerprint density at radius 3 is 1.26 bits per heavy atom. The molecule has 0 saturated heterocycles. The van der Waals surface area contributed by atoms with Gasteiger partial charge in [0, 0.05) is 12.2 Å². The molecule has 0 bridgehead atoms. The zero-order chi connectivity index (χ0) is 24.8. The number of nitrogens with one attached hydrogen (secondary N) is 2. The van der Waals surface area contributed by atoms with Gasteiger partial charge in [0.05, 0.1) is 12.8 Å². The van der Waals surface area contributed by atoms with Gasteiger partial charge in [0.15, 0.2) is 13.2 Å². The van der Waals surface area contributed by atoms with Crippen LogP contribution in [0.25, 0.3) is 0 Å². The predicted molar refractivity (Wildman–Crippen MR) is 118 cm³/mol. The largest absolute Gasteiger partial charge is 0.452 e. The van der Waals surface area contributed by atoms with Crippen molar-refractivity contribution in [3.05, 3.63) is 83.9 Å². The lowest BCUT2D eigenvalue weighted by Crippen LogP contribution is -2.35. The average Bonchev–Trinajstić information content (AvgIpc) is 2.81. The number of amides is 4. The lowest BCUT2D eigenvalue weighted by molar-refractivity contribution is -0.146. The third kappa shape index (κ3) is 10.6. The number of esters is 2. The van der Waals surface area contributed by atoms with Crippen molar-refractivity contribution < 1.29 is 38.2 Å². The van der Waals surface area contributed by atoms with E-state index in [9.17, 15) is 28.8 Å². The number of benzene rings is 2. The zero-order valence-electron chi connectivity index (χ0n) is 18.0. The van der Waals surface area contributed by atoms with Crippen molar-refractivity contribution >= 4 is 35.6 Å². The summed E-state index contributed by atoms with van der Waals surface area (Å²) in [6.07, 6.45) is 1.36. The van der Waals surface area contributed by atoms with Gasteiger partial charge < -0.3 is 9.47 Å². The van der Waals surface area contributed by atoms with Gasteiger partial charge >= 0.3 is 11.9 Å². The fraction of sp³-hybridized carbons (Fsp3) is 0.167. The Labute approximate surface area is 194 Å². The molecule has 34 heavy (non-hydrogen) atoms. The van der Waals surface area contributed by atoms with Crippen LogP contribution in [0.3, 0.4) is 0 Å². The van der Waals surface area contributed by atoms with E-state index in [2.05, 4.69) is 20.1 Å². The summed E-state index contributed by atoms with van der Waals surface area (Å²) in [6.45, 7) is -1.46. The third-order valence-electron chi connectivity index (χ3n) is 4.02. The van der Waals surface area contributed by atoms with Gasteiger partial charge in [-0.1, -0.05) is 60.7 Å². The van der Waals surface area contributed by atoms with Crippen LogP contribution in [0.5, 0.6) is 0 Å². The van der Waals surface area contributed by atoms with Crippen molar-refractivity contribution in [3.63, 3.8) is 0 Å². The second-order valence-electron chi connectivity index (χ2n) is 6.82. The van der Waals surface area contributed by atoms with Crippen molar-refractivity contribution in [3.8, 4) is 0 Å². The van der Waals surface area contributed by atoms with Crippen LogP contribution in [0.4, 0.5) is 0 Å². The first kappa shape index (κ1) is 25.7. The number of hydrogen-bond donors (Lipinski definition) is 2. The van der Waals surface area contributed by atoms with E-state index < -0.39 is 48.8 Å². The number of carbonyl (C=O) groups excluding carboxylic acids is 6. The topological polar surface area (TPSA) is 145 Å². The first-order chi connectivity index (χ1) is 16.3. The van der Waals surface area contributed by atoms with Crippen molar-refractivity contribution in [2.24, 2.45) is 0 Å². The maximum Gasteiger partial charge on any atom is 0.331 e. The molecule has 176 valence electrons. The average molecular weight is 466 g/mol. The van der Waals surface area contributed by atoms with Gasteiger partial charge in [-0.25, -0.2) is 9.59 Å². The molecule has 0 fully saturated rings. The molecule has 0 aliphatic rings. The van der Waals surface area contributed by atoms with Gasteiger partial charge in [-0.15, -0.1) is 0 Å². The quantitative estimate of drug-likeness (QED) is 0.378. The van der Waals surface area contributed by atoms with Gasteiger partial charge in [-0.05, 0) is 11.1 Å². The standard InChI is InChI=1S/C24H22N2O8/c27-19(13-17-7-3-1-4-8-17)25-21(29)15-33-23(31)11-12-24(32)34-16-22(30)26-20(28)14-18-9-5-2-6-10-18/h1-12H,13-16H2,(H,25,27,29)(H,26,28,30)/b12-11+. The van der Waals surface area contributed by atoms with Crippen molar-refractivity contribution in [2.75, 3.05) is 13.2 Å². The van der Waals surface area contributed by atoms with E-state index in [4.69, 9.17) is 0 Å².